The molecule has 2 rings (SSSR count). The number of ketones is 1. The van der Waals surface area contributed by atoms with Gasteiger partial charge in [-0.05, 0) is 36.8 Å². The number of benzene rings is 2. The first-order chi connectivity index (χ1) is 13.6. The molecule has 29 heavy (non-hydrogen) atoms. The molecule has 0 heterocycles. The number of nitrogens with one attached hydrogen (secondary N) is 1. The Morgan fingerprint density at radius 3 is 2.03 bits per heavy atom. The molecule has 0 aromatic heterocycles. The van der Waals surface area contributed by atoms with Crippen LogP contribution in [-0.2, 0) is 21.4 Å². The summed E-state index contributed by atoms with van der Waals surface area (Å²) in [6, 6.07) is 13.6. The normalized spacial score (nSPS) is 11.2. The van der Waals surface area contributed by atoms with Crippen molar-refractivity contribution in [2.24, 2.45) is 0 Å². The molecule has 0 radical (unpaired) electrons. The van der Waals surface area contributed by atoms with E-state index in [1.165, 1.54) is 31.2 Å². The van der Waals surface area contributed by atoms with Gasteiger partial charge < -0.3 is 9.80 Å². The number of anilines is 1. The number of hydrogen-bond acceptors (Lipinski definition) is 5. The van der Waals surface area contributed by atoms with Gasteiger partial charge in [-0.1, -0.05) is 24.3 Å². The van der Waals surface area contributed by atoms with E-state index in [9.17, 15) is 18.0 Å². The SMILES string of the molecule is CC(=O)c1ccc(S(=O)(=O)NCCC(=O)N(C)Cc2ccc(N(C)C)cc2)cc1. The van der Waals surface area contributed by atoms with Gasteiger partial charge in [-0.2, -0.15) is 0 Å². The predicted octanol–water partition coefficient (Wildman–Crippen LogP) is 2.28. The zero-order valence-corrected chi connectivity index (χ0v) is 18.0. The van der Waals surface area contributed by atoms with Crippen LogP contribution in [-0.4, -0.2) is 52.7 Å². The molecular weight excluding hydrogens is 390 g/mol. The summed E-state index contributed by atoms with van der Waals surface area (Å²) in [6.07, 6.45) is 0.0526. The Labute approximate surface area is 172 Å². The van der Waals surface area contributed by atoms with Crippen molar-refractivity contribution in [3.05, 3.63) is 59.7 Å². The molecule has 0 aliphatic rings. The highest BCUT2D eigenvalue weighted by molar-refractivity contribution is 7.89. The van der Waals surface area contributed by atoms with Crippen LogP contribution in [0.4, 0.5) is 5.69 Å². The Kier molecular flexibility index (Phi) is 7.53. The van der Waals surface area contributed by atoms with E-state index in [4.69, 9.17) is 0 Å². The maximum absolute atomic E-state index is 12.3. The second-order valence-corrected chi connectivity index (χ2v) is 8.81. The van der Waals surface area contributed by atoms with E-state index in [0.717, 1.165) is 11.3 Å². The molecule has 1 N–H and O–H groups in total. The highest BCUT2D eigenvalue weighted by atomic mass is 32.2. The summed E-state index contributed by atoms with van der Waals surface area (Å²) in [5.74, 6) is -0.289. The molecule has 0 aliphatic carbocycles. The first-order valence-electron chi connectivity index (χ1n) is 9.21. The van der Waals surface area contributed by atoms with E-state index in [0.29, 0.717) is 12.1 Å². The van der Waals surface area contributed by atoms with Crippen LogP contribution in [0.25, 0.3) is 0 Å². The van der Waals surface area contributed by atoms with Crippen LogP contribution in [0.3, 0.4) is 0 Å². The topological polar surface area (TPSA) is 86.8 Å². The lowest BCUT2D eigenvalue weighted by Gasteiger charge is -2.18. The highest BCUT2D eigenvalue weighted by Crippen LogP contribution is 2.14. The molecule has 0 aliphatic heterocycles. The summed E-state index contributed by atoms with van der Waals surface area (Å²) < 4.78 is 27.1. The van der Waals surface area contributed by atoms with E-state index in [1.807, 2.05) is 43.3 Å². The largest absolute Gasteiger partial charge is 0.378 e. The first kappa shape index (κ1) is 22.6. The van der Waals surface area contributed by atoms with E-state index in [-0.39, 0.29) is 29.6 Å². The smallest absolute Gasteiger partial charge is 0.240 e. The fraction of sp³-hybridized carbons (Fsp3) is 0.333. The standard InChI is InChI=1S/C21H27N3O4S/c1-16(25)18-7-11-20(12-8-18)29(27,28)22-14-13-21(26)24(4)15-17-5-9-19(10-6-17)23(2)3/h5-12,22H,13-15H2,1-4H3. The number of Topliss-reactive ketones (excluding diaryl/α,β-unsaturated/α-hetero) is 1. The Balaban J connectivity index is 1.86. The van der Waals surface area contributed by atoms with Gasteiger partial charge in [0.05, 0.1) is 4.90 Å². The first-order valence-corrected chi connectivity index (χ1v) is 10.7. The molecule has 0 saturated heterocycles. The predicted molar refractivity (Wildman–Crippen MR) is 113 cm³/mol. The number of amides is 1. The molecule has 0 fully saturated rings. The quantitative estimate of drug-likeness (QED) is 0.633. The molecule has 7 nitrogen and oxygen atoms in total. The fourth-order valence-electron chi connectivity index (χ4n) is 2.70. The van der Waals surface area contributed by atoms with Gasteiger partial charge in [0.25, 0.3) is 0 Å². The van der Waals surface area contributed by atoms with Crippen molar-refractivity contribution in [1.82, 2.24) is 9.62 Å². The van der Waals surface area contributed by atoms with Crippen molar-refractivity contribution in [1.29, 1.82) is 0 Å². The zero-order valence-electron chi connectivity index (χ0n) is 17.2. The number of nitrogens with zero attached hydrogens (tertiary/aromatic N) is 2. The van der Waals surface area contributed by atoms with Crippen molar-refractivity contribution in [3.63, 3.8) is 0 Å². The lowest BCUT2D eigenvalue weighted by Crippen LogP contribution is -2.32. The summed E-state index contributed by atoms with van der Waals surface area (Å²) in [4.78, 5) is 27.2. The van der Waals surface area contributed by atoms with Crippen molar-refractivity contribution in [2.45, 2.75) is 24.8 Å². The summed E-state index contributed by atoms with van der Waals surface area (Å²) in [5, 5.41) is 0. The third kappa shape index (κ3) is 6.40. The van der Waals surface area contributed by atoms with Crippen LogP contribution in [0.1, 0.15) is 29.3 Å². The van der Waals surface area contributed by atoms with Gasteiger partial charge in [0.2, 0.25) is 15.9 Å². The Bertz CT molecular complexity index is 952. The van der Waals surface area contributed by atoms with Crippen molar-refractivity contribution < 1.29 is 18.0 Å². The molecule has 2 aromatic rings. The minimum Gasteiger partial charge on any atom is -0.378 e. The summed E-state index contributed by atoms with van der Waals surface area (Å²) >= 11 is 0. The van der Waals surface area contributed by atoms with Gasteiger partial charge in [-0.15, -0.1) is 0 Å². The van der Waals surface area contributed by atoms with Gasteiger partial charge in [0.15, 0.2) is 5.78 Å². The maximum atomic E-state index is 12.3. The van der Waals surface area contributed by atoms with Crippen molar-refractivity contribution in [2.75, 3.05) is 32.6 Å². The molecule has 0 bridgehead atoms. The highest BCUT2D eigenvalue weighted by Gasteiger charge is 2.16. The van der Waals surface area contributed by atoms with Crippen LogP contribution in [0.15, 0.2) is 53.4 Å². The van der Waals surface area contributed by atoms with Gasteiger partial charge in [0, 0.05) is 51.9 Å². The molecule has 156 valence electrons. The fourth-order valence-corrected chi connectivity index (χ4v) is 3.73. The van der Waals surface area contributed by atoms with Gasteiger partial charge in [-0.3, -0.25) is 9.59 Å². The molecule has 1 amide bonds. The third-order valence-corrected chi connectivity index (χ3v) is 5.98. The number of hydrogen-bond donors (Lipinski definition) is 1. The monoisotopic (exact) mass is 417 g/mol. The minimum atomic E-state index is -3.73. The molecule has 0 spiro atoms. The van der Waals surface area contributed by atoms with Crippen molar-refractivity contribution >= 4 is 27.4 Å². The minimum absolute atomic E-state index is 0.000463. The van der Waals surface area contributed by atoms with E-state index < -0.39 is 10.0 Å². The molecular formula is C21H27N3O4S. The Morgan fingerprint density at radius 2 is 1.52 bits per heavy atom. The van der Waals surface area contributed by atoms with Gasteiger partial charge in [-0.25, -0.2) is 13.1 Å². The van der Waals surface area contributed by atoms with E-state index >= 15 is 0 Å². The van der Waals surface area contributed by atoms with Gasteiger partial charge in [0.1, 0.15) is 0 Å². The molecule has 0 saturated carbocycles. The van der Waals surface area contributed by atoms with Crippen LogP contribution >= 0.6 is 0 Å². The number of sulfonamides is 1. The Hall–Kier alpha value is -2.71. The van der Waals surface area contributed by atoms with Gasteiger partial charge >= 0.3 is 0 Å². The lowest BCUT2D eigenvalue weighted by molar-refractivity contribution is -0.130. The number of rotatable bonds is 9. The molecule has 8 heteroatoms. The molecule has 0 unspecified atom stereocenters. The second-order valence-electron chi connectivity index (χ2n) is 7.04. The second kappa shape index (κ2) is 9.67. The van der Waals surface area contributed by atoms with E-state index in [1.54, 1.807) is 11.9 Å². The third-order valence-electron chi connectivity index (χ3n) is 4.50. The van der Waals surface area contributed by atoms with E-state index in [2.05, 4.69) is 4.72 Å². The van der Waals surface area contributed by atoms with Crippen LogP contribution in [0.2, 0.25) is 0 Å². The van der Waals surface area contributed by atoms with Crippen LogP contribution in [0, 0.1) is 0 Å². The van der Waals surface area contributed by atoms with Crippen molar-refractivity contribution in [3.8, 4) is 0 Å². The number of carbonyl (C=O) groups is 2. The summed E-state index contributed by atoms with van der Waals surface area (Å²) in [5.41, 5.74) is 2.52. The maximum Gasteiger partial charge on any atom is 0.240 e. The van der Waals surface area contributed by atoms with Crippen LogP contribution in [0.5, 0.6) is 0 Å². The number of carbonyl (C=O) groups excluding carboxylic acids is 2. The summed E-state index contributed by atoms with van der Waals surface area (Å²) in [6.45, 7) is 1.87. The average Bonchev–Trinajstić information content (AvgIpc) is 2.68. The van der Waals surface area contributed by atoms with Crippen LogP contribution < -0.4 is 9.62 Å². The lowest BCUT2D eigenvalue weighted by atomic mass is 10.2. The molecule has 0 atom stereocenters. The summed E-state index contributed by atoms with van der Waals surface area (Å²) in [7, 11) is 1.88. The molecule has 2 aromatic carbocycles. The Morgan fingerprint density at radius 1 is 0.931 bits per heavy atom. The zero-order chi connectivity index (χ0) is 21.6. The average molecular weight is 418 g/mol.